The number of halogens is 3. The summed E-state index contributed by atoms with van der Waals surface area (Å²) >= 11 is 1.54. The van der Waals surface area contributed by atoms with E-state index in [-0.39, 0.29) is 4.90 Å². The lowest BCUT2D eigenvalue weighted by molar-refractivity contribution is -0.137. The first-order valence-electron chi connectivity index (χ1n) is 10.7. The maximum Gasteiger partial charge on any atom is 0.416 e. The maximum atomic E-state index is 13.0. The Bertz CT molecular complexity index is 1220. The molecule has 0 atom stereocenters. The van der Waals surface area contributed by atoms with Gasteiger partial charge in [0.25, 0.3) is 0 Å². The Kier molecular flexibility index (Phi) is 6.55. The second kappa shape index (κ2) is 9.10. The highest BCUT2D eigenvalue weighted by atomic mass is 32.2. The summed E-state index contributed by atoms with van der Waals surface area (Å²) in [4.78, 5) is 6.57. The molecule has 0 radical (unpaired) electrons. The predicted molar refractivity (Wildman–Crippen MR) is 125 cm³/mol. The average Bonchev–Trinajstić information content (AvgIpc) is 3.25. The standard InChI is InChI=1S/C24H25F3N2O2S2/c1-16-5-3-6-17(2)22(16)14-19-15-32-23(28-19)29-11-9-20(10-12-29)33(30,31)21-8-4-7-18(13-21)24(25,26)27/h3-8,13,15,20H,9-12,14H2,1-2H3. The highest BCUT2D eigenvalue weighted by Crippen LogP contribution is 2.33. The summed E-state index contributed by atoms with van der Waals surface area (Å²) in [5, 5.41) is 2.18. The normalized spacial score (nSPS) is 15.7. The van der Waals surface area contributed by atoms with E-state index in [1.165, 1.54) is 34.1 Å². The summed E-state index contributed by atoms with van der Waals surface area (Å²) in [5.41, 5.74) is 3.75. The van der Waals surface area contributed by atoms with E-state index in [9.17, 15) is 21.6 Å². The monoisotopic (exact) mass is 494 g/mol. The summed E-state index contributed by atoms with van der Waals surface area (Å²) in [6, 6.07) is 10.2. The molecule has 176 valence electrons. The van der Waals surface area contributed by atoms with Crippen molar-refractivity contribution in [1.82, 2.24) is 4.98 Å². The second-order valence-electron chi connectivity index (χ2n) is 8.43. The Morgan fingerprint density at radius 2 is 1.70 bits per heavy atom. The predicted octanol–water partition coefficient (Wildman–Crippen LogP) is 5.81. The lowest BCUT2D eigenvalue weighted by Gasteiger charge is -2.31. The quantitative estimate of drug-likeness (QED) is 0.449. The SMILES string of the molecule is Cc1cccc(C)c1Cc1csc(N2CCC(S(=O)(=O)c3cccc(C(F)(F)F)c3)CC2)n1. The van der Waals surface area contributed by atoms with E-state index in [1.807, 2.05) is 11.4 Å². The van der Waals surface area contributed by atoms with Crippen LogP contribution >= 0.6 is 11.3 Å². The molecule has 3 aromatic rings. The molecule has 4 nitrogen and oxygen atoms in total. The minimum Gasteiger partial charge on any atom is -0.348 e. The fourth-order valence-electron chi connectivity index (χ4n) is 4.23. The first-order chi connectivity index (χ1) is 15.6. The number of rotatable bonds is 5. The van der Waals surface area contributed by atoms with Crippen LogP contribution in [0.5, 0.6) is 0 Å². The lowest BCUT2D eigenvalue weighted by atomic mass is 9.99. The molecule has 0 spiro atoms. The molecule has 0 unspecified atom stereocenters. The fraction of sp³-hybridized carbons (Fsp3) is 0.375. The number of thiazole rings is 1. The van der Waals surface area contributed by atoms with Crippen LogP contribution in [0, 0.1) is 13.8 Å². The van der Waals surface area contributed by atoms with Gasteiger partial charge in [0, 0.05) is 24.9 Å². The average molecular weight is 495 g/mol. The first-order valence-corrected chi connectivity index (χ1v) is 13.1. The minimum atomic E-state index is -4.58. The minimum absolute atomic E-state index is 0.263. The third-order valence-corrected chi connectivity index (χ3v) is 9.39. The van der Waals surface area contributed by atoms with Crippen LogP contribution in [0.2, 0.25) is 0 Å². The Hall–Kier alpha value is -2.39. The van der Waals surface area contributed by atoms with Crippen molar-refractivity contribution in [3.8, 4) is 0 Å². The van der Waals surface area contributed by atoms with E-state index >= 15 is 0 Å². The largest absolute Gasteiger partial charge is 0.416 e. The van der Waals surface area contributed by atoms with Gasteiger partial charge in [-0.05, 0) is 61.6 Å². The number of aromatic nitrogens is 1. The number of anilines is 1. The molecule has 2 aromatic carbocycles. The molecule has 1 aliphatic heterocycles. The van der Waals surface area contributed by atoms with Crippen LogP contribution in [0.4, 0.5) is 18.3 Å². The number of sulfone groups is 1. The van der Waals surface area contributed by atoms with Gasteiger partial charge in [0.05, 0.1) is 21.4 Å². The van der Waals surface area contributed by atoms with Crippen LogP contribution in [0.3, 0.4) is 0 Å². The van der Waals surface area contributed by atoms with Gasteiger partial charge in [-0.25, -0.2) is 13.4 Å². The number of piperidine rings is 1. The van der Waals surface area contributed by atoms with Crippen molar-refractivity contribution >= 4 is 26.3 Å². The van der Waals surface area contributed by atoms with E-state index < -0.39 is 26.8 Å². The summed E-state index contributed by atoms with van der Waals surface area (Å²) in [7, 11) is -3.84. The van der Waals surface area contributed by atoms with Crippen molar-refractivity contribution in [2.45, 2.75) is 49.4 Å². The number of hydrogen-bond acceptors (Lipinski definition) is 5. The van der Waals surface area contributed by atoms with Gasteiger partial charge in [0.15, 0.2) is 15.0 Å². The molecule has 0 aliphatic carbocycles. The zero-order chi connectivity index (χ0) is 23.8. The number of hydrogen-bond donors (Lipinski definition) is 0. The lowest BCUT2D eigenvalue weighted by Crippen LogP contribution is -2.39. The highest BCUT2D eigenvalue weighted by Gasteiger charge is 2.35. The molecule has 0 bridgehead atoms. The van der Waals surface area contributed by atoms with Crippen molar-refractivity contribution in [3.63, 3.8) is 0 Å². The summed E-state index contributed by atoms with van der Waals surface area (Å²) < 4.78 is 65.0. The highest BCUT2D eigenvalue weighted by molar-refractivity contribution is 7.92. The van der Waals surface area contributed by atoms with Gasteiger partial charge in [-0.2, -0.15) is 13.2 Å². The van der Waals surface area contributed by atoms with Crippen molar-refractivity contribution < 1.29 is 21.6 Å². The molecule has 0 saturated carbocycles. The van der Waals surface area contributed by atoms with Gasteiger partial charge in [-0.15, -0.1) is 11.3 Å². The molecular formula is C24H25F3N2O2S2. The van der Waals surface area contributed by atoms with E-state index in [0.717, 1.165) is 35.4 Å². The molecule has 4 rings (SSSR count). The molecule has 0 N–H and O–H groups in total. The number of aryl methyl sites for hydroxylation is 2. The fourth-order valence-corrected chi connectivity index (χ4v) is 6.89. The van der Waals surface area contributed by atoms with Gasteiger partial charge in [-0.3, -0.25) is 0 Å². The van der Waals surface area contributed by atoms with Crippen molar-refractivity contribution in [3.05, 3.63) is 75.8 Å². The molecule has 9 heteroatoms. The molecule has 1 aliphatic rings. The van der Waals surface area contributed by atoms with E-state index in [2.05, 4.69) is 30.9 Å². The van der Waals surface area contributed by atoms with Crippen molar-refractivity contribution in [1.29, 1.82) is 0 Å². The Labute approximate surface area is 196 Å². The van der Waals surface area contributed by atoms with Crippen LogP contribution < -0.4 is 4.90 Å². The Morgan fingerprint density at radius 1 is 1.06 bits per heavy atom. The van der Waals surface area contributed by atoms with Crippen molar-refractivity contribution in [2.24, 2.45) is 0 Å². The Morgan fingerprint density at radius 3 is 2.33 bits per heavy atom. The van der Waals surface area contributed by atoms with E-state index in [1.54, 1.807) is 0 Å². The maximum absolute atomic E-state index is 13.0. The number of alkyl halides is 3. The van der Waals surface area contributed by atoms with Crippen LogP contribution in [-0.4, -0.2) is 31.7 Å². The van der Waals surface area contributed by atoms with Crippen LogP contribution in [-0.2, 0) is 22.4 Å². The number of nitrogens with zero attached hydrogens (tertiary/aromatic N) is 2. The van der Waals surface area contributed by atoms with Crippen LogP contribution in [0.25, 0.3) is 0 Å². The van der Waals surface area contributed by atoms with Crippen LogP contribution in [0.15, 0.2) is 52.7 Å². The molecule has 1 aromatic heterocycles. The van der Waals surface area contributed by atoms with E-state index in [0.29, 0.717) is 25.9 Å². The van der Waals surface area contributed by atoms with Crippen molar-refractivity contribution in [2.75, 3.05) is 18.0 Å². The van der Waals surface area contributed by atoms with Crippen LogP contribution in [0.1, 0.15) is 40.8 Å². The van der Waals surface area contributed by atoms with Gasteiger partial charge in [0.1, 0.15) is 0 Å². The molecular weight excluding hydrogens is 469 g/mol. The van der Waals surface area contributed by atoms with Gasteiger partial charge >= 0.3 is 6.18 Å². The zero-order valence-electron chi connectivity index (χ0n) is 18.4. The molecule has 1 saturated heterocycles. The molecule has 1 fully saturated rings. The number of benzene rings is 2. The van der Waals surface area contributed by atoms with E-state index in [4.69, 9.17) is 4.98 Å². The summed E-state index contributed by atoms with van der Waals surface area (Å²) in [5.74, 6) is 0. The van der Waals surface area contributed by atoms with Gasteiger partial charge < -0.3 is 4.90 Å². The summed E-state index contributed by atoms with van der Waals surface area (Å²) in [6.07, 6.45) is -3.13. The smallest absolute Gasteiger partial charge is 0.348 e. The third-order valence-electron chi connectivity index (χ3n) is 6.18. The van der Waals surface area contributed by atoms with Gasteiger partial charge in [0.2, 0.25) is 0 Å². The third kappa shape index (κ3) is 5.09. The molecule has 33 heavy (non-hydrogen) atoms. The van der Waals surface area contributed by atoms with Gasteiger partial charge in [-0.1, -0.05) is 24.3 Å². The summed E-state index contributed by atoms with van der Waals surface area (Å²) in [6.45, 7) is 5.18. The topological polar surface area (TPSA) is 50.3 Å². The molecule has 2 heterocycles. The zero-order valence-corrected chi connectivity index (χ0v) is 20.0. The Balaban J connectivity index is 1.43. The first kappa shape index (κ1) is 23.8. The second-order valence-corrected chi connectivity index (χ2v) is 11.5. The molecule has 0 amide bonds.